The minimum absolute atomic E-state index is 0.612. The summed E-state index contributed by atoms with van der Waals surface area (Å²) in [7, 11) is 0. The van der Waals surface area contributed by atoms with E-state index < -0.39 is 0 Å². The van der Waals surface area contributed by atoms with E-state index in [1.54, 1.807) is 0 Å². The largest absolute Gasteiger partial charge is 0.248 e. The Balaban J connectivity index is 1.37. The molecule has 0 spiro atoms. The highest BCUT2D eigenvalue weighted by molar-refractivity contribution is 7.31. The zero-order valence-electron chi connectivity index (χ0n) is 67.0. The van der Waals surface area contributed by atoms with Crippen molar-refractivity contribution in [2.75, 3.05) is 0 Å². The average Bonchev–Trinajstić information content (AvgIpc) is 1.59. The first-order valence-corrected chi connectivity index (χ1v) is 48.2. The van der Waals surface area contributed by atoms with Crippen LogP contribution in [0.5, 0.6) is 0 Å². The van der Waals surface area contributed by atoms with Crippen LogP contribution in [0, 0.1) is 23.7 Å². The molecule has 8 rings (SSSR count). The lowest BCUT2D eigenvalue weighted by atomic mass is 9.89. The molecular weight excluding hydrogens is 1350 g/mol. The van der Waals surface area contributed by atoms with Crippen LogP contribution in [-0.2, 0) is 51.4 Å². The van der Waals surface area contributed by atoms with Crippen molar-refractivity contribution in [1.29, 1.82) is 0 Å². The third-order valence-corrected chi connectivity index (χ3v) is 30.3. The first-order valence-electron chi connectivity index (χ1n) is 43.2. The molecule has 8 aromatic heterocycles. The third kappa shape index (κ3) is 25.0. The summed E-state index contributed by atoms with van der Waals surface area (Å²) in [6.45, 7) is 28.6. The van der Waals surface area contributed by atoms with Crippen LogP contribution in [0.3, 0.4) is 0 Å². The van der Waals surface area contributed by atoms with Crippen LogP contribution in [0.4, 0.5) is 0 Å². The maximum absolute atomic E-state index is 6.18. The van der Waals surface area contributed by atoms with E-state index in [0.29, 0.717) is 23.7 Å². The molecule has 0 aliphatic rings. The predicted octanol–water partition coefficient (Wildman–Crippen LogP) is 32.9. The maximum atomic E-state index is 6.18. The van der Waals surface area contributed by atoms with Gasteiger partial charge in [0.05, 0.1) is 52.0 Å². The van der Waals surface area contributed by atoms with Crippen molar-refractivity contribution < 1.29 is 0 Å². The Bertz CT molecular complexity index is 3350. The molecule has 0 fully saturated rings. The van der Waals surface area contributed by atoms with Crippen LogP contribution in [0.2, 0.25) is 0 Å². The lowest BCUT2D eigenvalue weighted by molar-refractivity contribution is 0.427. The smallest absolute Gasteiger partial charge is 0.109 e. The molecule has 8 heterocycles. The molecule has 102 heavy (non-hydrogen) atoms. The van der Waals surface area contributed by atoms with Crippen LogP contribution < -0.4 is 0 Å². The number of nitrogens with zero attached hydrogens (tertiary/aromatic N) is 4. The van der Waals surface area contributed by atoms with Crippen molar-refractivity contribution in [3.63, 3.8) is 0 Å². The fourth-order valence-corrected chi connectivity index (χ4v) is 23.3. The van der Waals surface area contributed by atoms with Gasteiger partial charge in [-0.05, 0) is 158 Å². The van der Waals surface area contributed by atoms with Gasteiger partial charge in [-0.2, -0.15) is 0 Å². The summed E-state index contributed by atoms with van der Waals surface area (Å²) in [5, 5.41) is 4.79. The molecule has 0 saturated heterocycles. The topological polar surface area (TPSA) is 51.6 Å². The lowest BCUT2D eigenvalue weighted by Crippen LogP contribution is -2.13. The number of aryl methyl sites for hydroxylation is 4. The van der Waals surface area contributed by atoms with Gasteiger partial charge in [0, 0.05) is 19.5 Å². The maximum Gasteiger partial charge on any atom is 0.109 e. The first-order chi connectivity index (χ1) is 50.1. The van der Waals surface area contributed by atoms with Gasteiger partial charge in [-0.25, -0.2) is 19.9 Å². The van der Waals surface area contributed by atoms with Gasteiger partial charge >= 0.3 is 0 Å². The van der Waals surface area contributed by atoms with Crippen LogP contribution >= 0.6 is 68.0 Å². The number of thiophene rings is 6. The molecule has 0 bridgehead atoms. The van der Waals surface area contributed by atoms with Crippen molar-refractivity contribution in [3.8, 4) is 48.8 Å². The standard InChI is InChI=1S/C92H142N4S6/c1-13-25-33-37-41-45-53-71-57-59-97-85(71)89-81-83(95-77(63-69(23-11)51-31-19-7)75(93-81)61-67(21-9)49-29-17-5)91(101-89)87-73(55-47-43-39-35-27-15-3)65-79(99-87)80-66-74(56-48-44-40-36-28-16-4)88(100-80)92-84-82(90(102-92)86-72(58-60-98-86)54-46-42-38-34-26-14-2)94-76(62-68(22-10)50-30-18-6)78(96-84)64-70(24-12)52-32-20-8/h57-60,65-70H,13-56,61-64H2,1-12H3. The van der Waals surface area contributed by atoms with Gasteiger partial charge in [0.25, 0.3) is 0 Å². The second-order valence-corrected chi connectivity index (χ2v) is 37.2. The number of aromatic nitrogens is 4. The summed E-state index contributed by atoms with van der Waals surface area (Å²) < 4.78 is 0. The van der Waals surface area contributed by atoms with Crippen LogP contribution in [0.15, 0.2) is 35.0 Å². The van der Waals surface area contributed by atoms with Crippen molar-refractivity contribution >= 4 is 90.1 Å². The number of fused-ring (bicyclic) bond motifs is 2. The summed E-state index contributed by atoms with van der Waals surface area (Å²) >= 11 is 12.2. The van der Waals surface area contributed by atoms with Crippen molar-refractivity contribution in [2.24, 2.45) is 23.7 Å². The van der Waals surface area contributed by atoms with Crippen LogP contribution in [-0.4, -0.2) is 19.9 Å². The minimum atomic E-state index is 0.612. The van der Waals surface area contributed by atoms with Gasteiger partial charge in [-0.15, -0.1) is 68.0 Å². The number of rotatable bonds is 57. The summed E-state index contributed by atoms with van der Waals surface area (Å²) in [4.78, 5) is 38.8. The molecule has 0 amide bonds. The molecule has 0 radical (unpaired) electrons. The van der Waals surface area contributed by atoms with E-state index in [-0.39, 0.29) is 0 Å². The Labute approximate surface area is 648 Å². The van der Waals surface area contributed by atoms with E-state index in [0.717, 1.165) is 51.4 Å². The SMILES string of the molecule is CCCCCCCCc1ccsc1-c1sc(-c2sc(-c3cc(CCCCCCCC)c(-c4sc(-c5sccc5CCCCCCCC)c5nc(CC(CC)CCCC)c(CC(CC)CCCC)nc45)s3)cc2CCCCCCCC)c2nc(CC(CC)CCCC)c(CC(CC)CCCC)nc12. The monoisotopic (exact) mass is 1490 g/mol. The van der Waals surface area contributed by atoms with Gasteiger partial charge in [0.1, 0.15) is 22.1 Å². The molecular formula is C92H142N4S6. The summed E-state index contributed by atoms with van der Waals surface area (Å²) in [6.07, 6.45) is 59.8. The Hall–Kier alpha value is -3.12. The minimum Gasteiger partial charge on any atom is -0.248 e. The van der Waals surface area contributed by atoms with Crippen LogP contribution in [0.1, 0.15) is 385 Å². The Kier molecular flexibility index (Phi) is 39.5. The third-order valence-electron chi connectivity index (χ3n) is 22.8. The average molecular weight is 1500 g/mol. The van der Waals surface area contributed by atoms with Gasteiger partial charge in [0.15, 0.2) is 0 Å². The van der Waals surface area contributed by atoms with Gasteiger partial charge < -0.3 is 0 Å². The van der Waals surface area contributed by atoms with E-state index in [4.69, 9.17) is 19.9 Å². The summed E-state index contributed by atoms with van der Waals surface area (Å²) in [5.74, 6) is 2.46. The molecule has 566 valence electrons. The molecule has 0 aliphatic heterocycles. The van der Waals surface area contributed by atoms with E-state index in [1.807, 2.05) is 22.7 Å². The Morgan fingerprint density at radius 1 is 0.255 bits per heavy atom. The predicted molar refractivity (Wildman–Crippen MR) is 463 cm³/mol. The molecule has 8 aromatic rings. The highest BCUT2D eigenvalue weighted by Gasteiger charge is 2.31. The van der Waals surface area contributed by atoms with Crippen molar-refractivity contribution in [2.45, 2.75) is 391 Å². The second-order valence-electron chi connectivity index (χ2n) is 31.2. The quantitative estimate of drug-likeness (QED) is 0.0357. The van der Waals surface area contributed by atoms with Crippen molar-refractivity contribution in [1.82, 2.24) is 19.9 Å². The number of hydrogen-bond donors (Lipinski definition) is 0. The Morgan fingerprint density at radius 2 is 0.500 bits per heavy atom. The van der Waals surface area contributed by atoms with Crippen LogP contribution in [0.25, 0.3) is 70.8 Å². The molecule has 4 atom stereocenters. The first kappa shape index (κ1) is 84.5. The van der Waals surface area contributed by atoms with Gasteiger partial charge in [0.2, 0.25) is 0 Å². The molecule has 0 aliphatic carbocycles. The molecule has 4 unspecified atom stereocenters. The Morgan fingerprint density at radius 3 is 0.765 bits per heavy atom. The lowest BCUT2D eigenvalue weighted by Gasteiger charge is -2.19. The number of unbranched alkanes of at least 4 members (excludes halogenated alkanes) is 24. The highest BCUT2D eigenvalue weighted by atomic mass is 32.1. The van der Waals surface area contributed by atoms with E-state index >= 15 is 0 Å². The molecule has 10 heteroatoms. The number of hydrogen-bond acceptors (Lipinski definition) is 10. The second kappa shape index (κ2) is 47.6. The zero-order valence-corrected chi connectivity index (χ0v) is 71.9. The molecule has 0 aromatic carbocycles. The zero-order chi connectivity index (χ0) is 72.3. The molecule has 4 nitrogen and oxygen atoms in total. The van der Waals surface area contributed by atoms with Gasteiger partial charge in [-0.3, -0.25) is 0 Å². The highest BCUT2D eigenvalue weighted by Crippen LogP contribution is 2.54. The fraction of sp³-hybridized carbons (Fsp3) is 0.696. The summed E-state index contributed by atoms with van der Waals surface area (Å²) in [5.41, 5.74) is 16.0. The molecule has 0 saturated carbocycles. The summed E-state index contributed by atoms with van der Waals surface area (Å²) in [6, 6.07) is 10.3. The van der Waals surface area contributed by atoms with E-state index in [2.05, 4.69) is 163 Å². The van der Waals surface area contributed by atoms with Gasteiger partial charge in [-0.1, -0.05) is 314 Å². The molecule has 0 N–H and O–H groups in total. The van der Waals surface area contributed by atoms with Crippen molar-refractivity contribution in [3.05, 3.63) is 80.1 Å². The van der Waals surface area contributed by atoms with E-state index in [9.17, 15) is 0 Å². The normalized spacial score (nSPS) is 13.3. The van der Waals surface area contributed by atoms with E-state index in [1.165, 1.54) is 373 Å². The fourth-order valence-electron chi connectivity index (χ4n) is 15.9.